The standard InChI is InChI=1S/C22H30N2O4/c1-5-28-19-9-6-16(14-21(19)27-4)22(24-12-10-23-11-13-24)18-8-7-17(25-2)15-20(18)26-3/h6-9,14-15,22-23H,5,10-13H2,1-4H3. The zero-order valence-corrected chi connectivity index (χ0v) is 17.2. The molecule has 2 aromatic rings. The van der Waals surface area contributed by atoms with Crippen LogP contribution in [-0.4, -0.2) is 59.0 Å². The molecule has 2 aromatic carbocycles. The van der Waals surface area contributed by atoms with E-state index in [0.717, 1.165) is 60.3 Å². The molecule has 0 bridgehead atoms. The fraction of sp³-hybridized carbons (Fsp3) is 0.455. The minimum absolute atomic E-state index is 0.0486. The molecule has 0 aromatic heterocycles. The third-order valence-electron chi connectivity index (χ3n) is 5.06. The van der Waals surface area contributed by atoms with E-state index in [1.54, 1.807) is 21.3 Å². The number of benzene rings is 2. The summed E-state index contributed by atoms with van der Waals surface area (Å²) in [6.07, 6.45) is 0. The Morgan fingerprint density at radius 3 is 2.29 bits per heavy atom. The van der Waals surface area contributed by atoms with Crippen molar-refractivity contribution in [2.45, 2.75) is 13.0 Å². The zero-order valence-electron chi connectivity index (χ0n) is 17.2. The number of rotatable bonds is 8. The van der Waals surface area contributed by atoms with Gasteiger partial charge >= 0.3 is 0 Å². The molecule has 1 N–H and O–H groups in total. The second kappa shape index (κ2) is 9.66. The SMILES string of the molecule is CCOc1ccc(C(c2ccc(OC)cc2OC)N2CCNCC2)cc1OC. The monoisotopic (exact) mass is 386 g/mol. The van der Waals surface area contributed by atoms with Gasteiger partial charge in [0.2, 0.25) is 0 Å². The first kappa shape index (κ1) is 20.3. The summed E-state index contributed by atoms with van der Waals surface area (Å²) in [4.78, 5) is 2.47. The van der Waals surface area contributed by atoms with Gasteiger partial charge in [0, 0.05) is 37.8 Å². The van der Waals surface area contributed by atoms with Gasteiger partial charge in [0.25, 0.3) is 0 Å². The lowest BCUT2D eigenvalue weighted by molar-refractivity contribution is 0.195. The maximum absolute atomic E-state index is 5.72. The largest absolute Gasteiger partial charge is 0.497 e. The van der Waals surface area contributed by atoms with Gasteiger partial charge in [-0.15, -0.1) is 0 Å². The summed E-state index contributed by atoms with van der Waals surface area (Å²) in [5.41, 5.74) is 2.25. The third-order valence-corrected chi connectivity index (χ3v) is 5.06. The van der Waals surface area contributed by atoms with E-state index < -0.39 is 0 Å². The summed E-state index contributed by atoms with van der Waals surface area (Å²) in [5, 5.41) is 3.43. The number of nitrogens with one attached hydrogen (secondary N) is 1. The molecule has 0 amide bonds. The summed E-state index contributed by atoms with van der Waals surface area (Å²) >= 11 is 0. The lowest BCUT2D eigenvalue weighted by atomic mass is 9.95. The maximum atomic E-state index is 5.72. The van der Waals surface area contributed by atoms with Crippen LogP contribution in [0.3, 0.4) is 0 Å². The van der Waals surface area contributed by atoms with Gasteiger partial charge in [-0.1, -0.05) is 6.07 Å². The highest BCUT2D eigenvalue weighted by Gasteiger charge is 2.27. The van der Waals surface area contributed by atoms with Crippen molar-refractivity contribution in [2.75, 3.05) is 54.1 Å². The van der Waals surface area contributed by atoms with E-state index >= 15 is 0 Å². The van der Waals surface area contributed by atoms with Gasteiger partial charge in [-0.05, 0) is 36.8 Å². The molecule has 0 radical (unpaired) electrons. The second-order valence-electron chi connectivity index (χ2n) is 6.64. The molecule has 1 fully saturated rings. The molecular weight excluding hydrogens is 356 g/mol. The van der Waals surface area contributed by atoms with Crippen LogP contribution in [0, 0.1) is 0 Å². The van der Waals surface area contributed by atoms with Crippen LogP contribution in [0.1, 0.15) is 24.1 Å². The Kier molecular flexibility index (Phi) is 7.01. The fourth-order valence-corrected chi connectivity index (χ4v) is 3.70. The number of piperazine rings is 1. The molecule has 1 saturated heterocycles. The molecule has 1 unspecified atom stereocenters. The fourth-order valence-electron chi connectivity index (χ4n) is 3.70. The Morgan fingerprint density at radius 2 is 1.64 bits per heavy atom. The number of nitrogens with zero attached hydrogens (tertiary/aromatic N) is 1. The quantitative estimate of drug-likeness (QED) is 0.752. The molecule has 1 atom stereocenters. The molecule has 1 aliphatic rings. The molecule has 1 aliphatic heterocycles. The average Bonchev–Trinajstić information content (AvgIpc) is 2.76. The van der Waals surface area contributed by atoms with Crippen LogP contribution in [0.15, 0.2) is 36.4 Å². The van der Waals surface area contributed by atoms with Crippen molar-refractivity contribution in [3.8, 4) is 23.0 Å². The predicted molar refractivity (Wildman–Crippen MR) is 110 cm³/mol. The van der Waals surface area contributed by atoms with E-state index in [9.17, 15) is 0 Å². The molecule has 152 valence electrons. The van der Waals surface area contributed by atoms with Crippen molar-refractivity contribution in [1.82, 2.24) is 10.2 Å². The van der Waals surface area contributed by atoms with E-state index in [2.05, 4.69) is 28.4 Å². The van der Waals surface area contributed by atoms with E-state index in [4.69, 9.17) is 18.9 Å². The topological polar surface area (TPSA) is 52.2 Å². The van der Waals surface area contributed by atoms with E-state index in [0.29, 0.717) is 6.61 Å². The molecule has 0 spiro atoms. The molecule has 6 nitrogen and oxygen atoms in total. The maximum Gasteiger partial charge on any atom is 0.161 e. The van der Waals surface area contributed by atoms with Crippen molar-refractivity contribution in [3.63, 3.8) is 0 Å². The number of ether oxygens (including phenoxy) is 4. The smallest absolute Gasteiger partial charge is 0.161 e. The highest BCUT2D eigenvalue weighted by atomic mass is 16.5. The Balaban J connectivity index is 2.08. The molecule has 6 heteroatoms. The predicted octanol–water partition coefficient (Wildman–Crippen LogP) is 3.11. The summed E-state index contributed by atoms with van der Waals surface area (Å²) in [6, 6.07) is 12.2. The molecular formula is C22H30N2O4. The highest BCUT2D eigenvalue weighted by Crippen LogP contribution is 2.40. The second-order valence-corrected chi connectivity index (χ2v) is 6.64. The lowest BCUT2D eigenvalue weighted by Gasteiger charge is -2.36. The summed E-state index contributed by atoms with van der Waals surface area (Å²) < 4.78 is 22.4. The van der Waals surface area contributed by atoms with Crippen molar-refractivity contribution in [1.29, 1.82) is 0 Å². The summed E-state index contributed by atoms with van der Waals surface area (Å²) in [5.74, 6) is 3.10. The number of methoxy groups -OCH3 is 3. The van der Waals surface area contributed by atoms with Crippen LogP contribution in [0.4, 0.5) is 0 Å². The normalized spacial score (nSPS) is 15.7. The van der Waals surface area contributed by atoms with Crippen LogP contribution in [0.2, 0.25) is 0 Å². The lowest BCUT2D eigenvalue weighted by Crippen LogP contribution is -2.45. The van der Waals surface area contributed by atoms with Crippen LogP contribution in [-0.2, 0) is 0 Å². The van der Waals surface area contributed by atoms with Gasteiger partial charge in [-0.25, -0.2) is 0 Å². The van der Waals surface area contributed by atoms with Crippen LogP contribution in [0.25, 0.3) is 0 Å². The van der Waals surface area contributed by atoms with E-state index in [-0.39, 0.29) is 6.04 Å². The molecule has 28 heavy (non-hydrogen) atoms. The average molecular weight is 386 g/mol. The van der Waals surface area contributed by atoms with Crippen LogP contribution >= 0.6 is 0 Å². The van der Waals surface area contributed by atoms with E-state index in [1.807, 2.05) is 25.1 Å². The van der Waals surface area contributed by atoms with E-state index in [1.165, 1.54) is 0 Å². The Morgan fingerprint density at radius 1 is 0.893 bits per heavy atom. The van der Waals surface area contributed by atoms with Gasteiger partial charge in [0.05, 0.1) is 34.0 Å². The third kappa shape index (κ3) is 4.34. The Bertz CT molecular complexity index is 775. The first-order valence-electron chi connectivity index (χ1n) is 9.69. The van der Waals surface area contributed by atoms with Crippen molar-refractivity contribution in [3.05, 3.63) is 47.5 Å². The minimum atomic E-state index is 0.0486. The van der Waals surface area contributed by atoms with Crippen molar-refractivity contribution >= 4 is 0 Å². The Labute approximate surface area is 167 Å². The molecule has 1 heterocycles. The first-order valence-corrected chi connectivity index (χ1v) is 9.69. The number of hydrogen-bond donors (Lipinski definition) is 1. The van der Waals surface area contributed by atoms with Crippen LogP contribution < -0.4 is 24.3 Å². The first-order chi connectivity index (χ1) is 13.7. The van der Waals surface area contributed by atoms with Gasteiger partial charge < -0.3 is 24.3 Å². The van der Waals surface area contributed by atoms with Crippen LogP contribution in [0.5, 0.6) is 23.0 Å². The number of hydrogen-bond acceptors (Lipinski definition) is 6. The molecule has 0 aliphatic carbocycles. The Hall–Kier alpha value is -2.44. The molecule has 0 saturated carbocycles. The van der Waals surface area contributed by atoms with Crippen molar-refractivity contribution in [2.24, 2.45) is 0 Å². The van der Waals surface area contributed by atoms with Gasteiger partial charge in [0.15, 0.2) is 11.5 Å². The van der Waals surface area contributed by atoms with Crippen molar-refractivity contribution < 1.29 is 18.9 Å². The highest BCUT2D eigenvalue weighted by molar-refractivity contribution is 5.50. The van der Waals surface area contributed by atoms with Gasteiger partial charge in [0.1, 0.15) is 11.5 Å². The zero-order chi connectivity index (χ0) is 19.9. The minimum Gasteiger partial charge on any atom is -0.497 e. The summed E-state index contributed by atoms with van der Waals surface area (Å²) in [6.45, 7) is 6.40. The van der Waals surface area contributed by atoms with Gasteiger partial charge in [-0.2, -0.15) is 0 Å². The van der Waals surface area contributed by atoms with Gasteiger partial charge in [-0.3, -0.25) is 4.90 Å². The summed E-state index contributed by atoms with van der Waals surface area (Å²) in [7, 11) is 5.04. The molecule has 3 rings (SSSR count).